The first-order chi connectivity index (χ1) is 10.0. The lowest BCUT2D eigenvalue weighted by Crippen LogP contribution is -2.03. The van der Waals surface area contributed by atoms with Crippen LogP contribution >= 0.6 is 0 Å². The standard InChI is InChI=1S/C15H10O6/c16-8-4-2-1-3-7(8)15-14(20)13(19)11-10(21-15)6-5-9(17)12(11)18/h1-6,16-18,20H. The number of aromatic hydroxyl groups is 4. The number of rotatable bonds is 1. The van der Waals surface area contributed by atoms with Gasteiger partial charge in [0.1, 0.15) is 16.7 Å². The minimum absolute atomic E-state index is 0.0219. The zero-order chi connectivity index (χ0) is 15.1. The minimum atomic E-state index is -0.900. The monoisotopic (exact) mass is 286 g/mol. The highest BCUT2D eigenvalue weighted by Gasteiger charge is 2.20. The number of hydrogen-bond acceptors (Lipinski definition) is 6. The highest BCUT2D eigenvalue weighted by Crippen LogP contribution is 2.38. The van der Waals surface area contributed by atoms with Gasteiger partial charge < -0.3 is 24.8 Å². The normalized spacial score (nSPS) is 10.9. The average Bonchev–Trinajstić information content (AvgIpc) is 2.47. The number of hydrogen-bond donors (Lipinski definition) is 4. The van der Waals surface area contributed by atoms with Crippen LogP contribution in [-0.4, -0.2) is 20.4 Å². The molecule has 2 aromatic carbocycles. The molecule has 21 heavy (non-hydrogen) atoms. The molecule has 0 amide bonds. The summed E-state index contributed by atoms with van der Waals surface area (Å²) in [6.45, 7) is 0. The summed E-state index contributed by atoms with van der Waals surface area (Å²) in [6.07, 6.45) is 0. The molecule has 0 atom stereocenters. The molecule has 6 heteroatoms. The van der Waals surface area contributed by atoms with Crippen LogP contribution in [0, 0.1) is 0 Å². The Morgan fingerprint density at radius 2 is 1.52 bits per heavy atom. The van der Waals surface area contributed by atoms with Crippen molar-refractivity contribution in [2.75, 3.05) is 0 Å². The van der Waals surface area contributed by atoms with Gasteiger partial charge in [0, 0.05) is 0 Å². The molecule has 1 aromatic heterocycles. The Morgan fingerprint density at radius 1 is 0.810 bits per heavy atom. The van der Waals surface area contributed by atoms with Crippen molar-refractivity contribution in [2.24, 2.45) is 0 Å². The molecule has 0 aliphatic carbocycles. The Hall–Kier alpha value is -3.15. The molecule has 1 heterocycles. The van der Waals surface area contributed by atoms with Gasteiger partial charge in [-0.25, -0.2) is 0 Å². The van der Waals surface area contributed by atoms with Gasteiger partial charge in [-0.1, -0.05) is 12.1 Å². The second kappa shape index (κ2) is 4.45. The van der Waals surface area contributed by atoms with Gasteiger partial charge in [-0.15, -0.1) is 0 Å². The fourth-order valence-electron chi connectivity index (χ4n) is 2.09. The molecule has 3 aromatic rings. The molecule has 106 valence electrons. The van der Waals surface area contributed by atoms with Gasteiger partial charge in [0.2, 0.25) is 11.2 Å². The Balaban J connectivity index is 2.43. The highest BCUT2D eigenvalue weighted by atomic mass is 16.4. The Morgan fingerprint density at radius 3 is 2.24 bits per heavy atom. The quantitative estimate of drug-likeness (QED) is 0.511. The molecule has 0 saturated carbocycles. The molecule has 6 nitrogen and oxygen atoms in total. The van der Waals surface area contributed by atoms with Gasteiger partial charge in [-0.3, -0.25) is 4.79 Å². The van der Waals surface area contributed by atoms with Crippen LogP contribution in [0.2, 0.25) is 0 Å². The molecule has 0 unspecified atom stereocenters. The third kappa shape index (κ3) is 1.85. The fourth-order valence-corrected chi connectivity index (χ4v) is 2.09. The van der Waals surface area contributed by atoms with E-state index in [1.165, 1.54) is 18.2 Å². The van der Waals surface area contributed by atoms with E-state index in [0.717, 1.165) is 6.07 Å². The molecular formula is C15H10O6. The van der Waals surface area contributed by atoms with Crippen LogP contribution in [-0.2, 0) is 0 Å². The lowest BCUT2D eigenvalue weighted by molar-refractivity contribution is 0.405. The van der Waals surface area contributed by atoms with Crippen molar-refractivity contribution >= 4 is 11.0 Å². The van der Waals surface area contributed by atoms with Crippen molar-refractivity contribution in [1.82, 2.24) is 0 Å². The van der Waals surface area contributed by atoms with Gasteiger partial charge in [0.05, 0.1) is 5.56 Å². The molecule has 0 fully saturated rings. The van der Waals surface area contributed by atoms with E-state index in [9.17, 15) is 25.2 Å². The van der Waals surface area contributed by atoms with E-state index in [2.05, 4.69) is 0 Å². The van der Waals surface area contributed by atoms with Crippen molar-refractivity contribution < 1.29 is 24.8 Å². The summed E-state index contributed by atoms with van der Waals surface area (Å²) in [5.41, 5.74) is -0.782. The van der Waals surface area contributed by atoms with E-state index in [0.29, 0.717) is 0 Å². The molecule has 0 radical (unpaired) electrons. The van der Waals surface area contributed by atoms with E-state index in [-0.39, 0.29) is 28.0 Å². The summed E-state index contributed by atoms with van der Waals surface area (Å²) >= 11 is 0. The summed E-state index contributed by atoms with van der Waals surface area (Å²) < 4.78 is 5.40. The molecule has 3 rings (SSSR count). The molecular weight excluding hydrogens is 276 g/mol. The van der Waals surface area contributed by atoms with Crippen molar-refractivity contribution in [3.63, 3.8) is 0 Å². The van der Waals surface area contributed by atoms with Gasteiger partial charge in [-0.2, -0.15) is 0 Å². The predicted octanol–water partition coefficient (Wildman–Crippen LogP) is 2.28. The van der Waals surface area contributed by atoms with Crippen molar-refractivity contribution in [1.29, 1.82) is 0 Å². The third-order valence-electron chi connectivity index (χ3n) is 3.14. The minimum Gasteiger partial charge on any atom is -0.507 e. The van der Waals surface area contributed by atoms with E-state index in [1.807, 2.05) is 0 Å². The first kappa shape index (κ1) is 12.9. The summed E-state index contributed by atoms with van der Waals surface area (Å²) in [5.74, 6) is -2.30. The topological polar surface area (TPSA) is 111 Å². The second-order valence-electron chi connectivity index (χ2n) is 4.43. The summed E-state index contributed by atoms with van der Waals surface area (Å²) in [5, 5.41) is 38.6. The zero-order valence-corrected chi connectivity index (χ0v) is 10.6. The molecule has 0 aliphatic heterocycles. The maximum Gasteiger partial charge on any atom is 0.238 e. The first-order valence-electron chi connectivity index (χ1n) is 5.99. The lowest BCUT2D eigenvalue weighted by Gasteiger charge is -2.08. The van der Waals surface area contributed by atoms with Crippen LogP contribution in [0.15, 0.2) is 45.6 Å². The molecule has 0 spiro atoms. The summed E-state index contributed by atoms with van der Waals surface area (Å²) in [4.78, 5) is 12.1. The zero-order valence-electron chi connectivity index (χ0n) is 10.6. The Kier molecular flexibility index (Phi) is 2.72. The average molecular weight is 286 g/mol. The lowest BCUT2D eigenvalue weighted by atomic mass is 10.1. The number of benzene rings is 2. The van der Waals surface area contributed by atoms with Crippen LogP contribution < -0.4 is 5.43 Å². The van der Waals surface area contributed by atoms with Gasteiger partial charge in [0.15, 0.2) is 17.3 Å². The van der Waals surface area contributed by atoms with E-state index >= 15 is 0 Å². The molecule has 0 aliphatic rings. The van der Waals surface area contributed by atoms with Crippen LogP contribution in [0.4, 0.5) is 0 Å². The molecule has 0 saturated heterocycles. The summed E-state index contributed by atoms with van der Waals surface area (Å²) in [7, 11) is 0. The first-order valence-corrected chi connectivity index (χ1v) is 5.99. The van der Waals surface area contributed by atoms with Crippen molar-refractivity contribution in [3.8, 4) is 34.3 Å². The highest BCUT2D eigenvalue weighted by molar-refractivity contribution is 5.89. The van der Waals surface area contributed by atoms with Gasteiger partial charge in [-0.05, 0) is 24.3 Å². The SMILES string of the molecule is O=c1c(O)c(-c2ccccc2O)oc2ccc(O)c(O)c12. The Labute approximate surface area is 117 Å². The fraction of sp³-hybridized carbons (Fsp3) is 0. The van der Waals surface area contributed by atoms with E-state index < -0.39 is 22.7 Å². The second-order valence-corrected chi connectivity index (χ2v) is 4.43. The third-order valence-corrected chi connectivity index (χ3v) is 3.14. The van der Waals surface area contributed by atoms with Crippen LogP contribution in [0.3, 0.4) is 0 Å². The smallest absolute Gasteiger partial charge is 0.238 e. The van der Waals surface area contributed by atoms with E-state index in [4.69, 9.17) is 4.42 Å². The van der Waals surface area contributed by atoms with Gasteiger partial charge in [0.25, 0.3) is 0 Å². The maximum atomic E-state index is 12.1. The number of phenolic OH excluding ortho intramolecular Hbond substituents is 3. The van der Waals surface area contributed by atoms with Crippen molar-refractivity contribution in [2.45, 2.75) is 0 Å². The number of fused-ring (bicyclic) bond motifs is 1. The maximum absolute atomic E-state index is 12.1. The Bertz CT molecular complexity index is 910. The van der Waals surface area contributed by atoms with Crippen LogP contribution in [0.1, 0.15) is 0 Å². The number of phenols is 3. The van der Waals surface area contributed by atoms with Crippen LogP contribution in [0.5, 0.6) is 23.0 Å². The predicted molar refractivity (Wildman–Crippen MR) is 74.6 cm³/mol. The van der Waals surface area contributed by atoms with Gasteiger partial charge >= 0.3 is 0 Å². The van der Waals surface area contributed by atoms with Crippen LogP contribution in [0.25, 0.3) is 22.3 Å². The summed E-state index contributed by atoms with van der Waals surface area (Å²) in [6, 6.07) is 8.49. The van der Waals surface area contributed by atoms with E-state index in [1.54, 1.807) is 12.1 Å². The van der Waals surface area contributed by atoms with Crippen molar-refractivity contribution in [3.05, 3.63) is 46.6 Å². The largest absolute Gasteiger partial charge is 0.507 e. The molecule has 4 N–H and O–H groups in total. The molecule has 0 bridgehead atoms. The number of para-hydroxylation sites is 1.